The van der Waals surface area contributed by atoms with Crippen molar-refractivity contribution in [3.63, 3.8) is 0 Å². The number of carbonyl (C=O) groups is 1. The van der Waals surface area contributed by atoms with Crippen molar-refractivity contribution in [1.82, 2.24) is 19.5 Å². The fourth-order valence-electron chi connectivity index (χ4n) is 3.79. The van der Waals surface area contributed by atoms with Gasteiger partial charge in [0.25, 0.3) is 5.91 Å². The molecule has 1 aliphatic rings. The summed E-state index contributed by atoms with van der Waals surface area (Å²) in [5.74, 6) is 0.527. The van der Waals surface area contributed by atoms with E-state index in [1.54, 1.807) is 30.5 Å². The average Bonchev–Trinajstić information content (AvgIpc) is 3.35. The third-order valence-corrected chi connectivity index (χ3v) is 7.13. The minimum Gasteiger partial charge on any atom is -0.468 e. The van der Waals surface area contributed by atoms with E-state index in [4.69, 9.17) is 9.40 Å². The zero-order valence-electron chi connectivity index (χ0n) is 18.9. The first kappa shape index (κ1) is 22.3. The van der Waals surface area contributed by atoms with E-state index in [9.17, 15) is 13.2 Å². The van der Waals surface area contributed by atoms with Gasteiger partial charge in [0.05, 0.1) is 34.8 Å². The number of amides is 1. The lowest BCUT2D eigenvalue weighted by Gasteiger charge is -2.12. The van der Waals surface area contributed by atoms with E-state index in [1.807, 2.05) is 24.6 Å². The van der Waals surface area contributed by atoms with Gasteiger partial charge < -0.3 is 9.73 Å². The molecule has 1 aromatic carbocycles. The van der Waals surface area contributed by atoms with Crippen LogP contribution in [0.1, 0.15) is 60.5 Å². The van der Waals surface area contributed by atoms with Crippen LogP contribution in [0, 0.1) is 0 Å². The molecule has 0 saturated heterocycles. The minimum absolute atomic E-state index is 0.0324. The van der Waals surface area contributed by atoms with Crippen molar-refractivity contribution in [2.45, 2.75) is 50.1 Å². The van der Waals surface area contributed by atoms with Crippen molar-refractivity contribution in [3.05, 3.63) is 71.9 Å². The van der Waals surface area contributed by atoms with Gasteiger partial charge >= 0.3 is 0 Å². The molecule has 1 amide bonds. The maximum atomic E-state index is 13.3. The molecule has 2 N–H and O–H groups in total. The number of carbonyl (C=O) groups excluding carboxylic acids is 1. The van der Waals surface area contributed by atoms with Crippen LogP contribution >= 0.6 is 0 Å². The van der Waals surface area contributed by atoms with Gasteiger partial charge in [0.1, 0.15) is 5.76 Å². The van der Waals surface area contributed by atoms with Gasteiger partial charge in [0, 0.05) is 23.3 Å². The Kier molecular flexibility index (Phi) is 5.70. The number of nitrogens with one attached hydrogen (secondary N) is 2. The summed E-state index contributed by atoms with van der Waals surface area (Å²) >= 11 is 0. The molecular weight excluding hydrogens is 454 g/mol. The summed E-state index contributed by atoms with van der Waals surface area (Å²) in [5.41, 5.74) is 2.42. The van der Waals surface area contributed by atoms with Gasteiger partial charge in [-0.1, -0.05) is 6.07 Å². The predicted molar refractivity (Wildman–Crippen MR) is 127 cm³/mol. The summed E-state index contributed by atoms with van der Waals surface area (Å²) in [6.07, 6.45) is 5.25. The largest absolute Gasteiger partial charge is 0.468 e. The van der Waals surface area contributed by atoms with Gasteiger partial charge in [-0.2, -0.15) is 5.10 Å². The van der Waals surface area contributed by atoms with Crippen LogP contribution in [0.5, 0.6) is 0 Å². The lowest BCUT2D eigenvalue weighted by molar-refractivity contribution is 0.102. The number of rotatable bonds is 8. The highest BCUT2D eigenvalue weighted by atomic mass is 32.2. The van der Waals surface area contributed by atoms with Crippen molar-refractivity contribution in [2.75, 3.05) is 5.32 Å². The van der Waals surface area contributed by atoms with E-state index in [-0.39, 0.29) is 23.4 Å². The molecule has 0 bridgehead atoms. The van der Waals surface area contributed by atoms with Crippen molar-refractivity contribution in [3.8, 4) is 0 Å². The monoisotopic (exact) mass is 479 g/mol. The van der Waals surface area contributed by atoms with Crippen LogP contribution in [-0.4, -0.2) is 29.1 Å². The Labute approximate surface area is 197 Å². The number of anilines is 1. The summed E-state index contributed by atoms with van der Waals surface area (Å²) in [6, 6.07) is 11.5. The van der Waals surface area contributed by atoms with E-state index in [0.29, 0.717) is 34.0 Å². The van der Waals surface area contributed by atoms with Crippen molar-refractivity contribution in [2.24, 2.45) is 0 Å². The van der Waals surface area contributed by atoms with Crippen LogP contribution in [0.25, 0.3) is 11.0 Å². The average molecular weight is 480 g/mol. The van der Waals surface area contributed by atoms with Crippen molar-refractivity contribution < 1.29 is 17.6 Å². The van der Waals surface area contributed by atoms with Crippen LogP contribution < -0.4 is 10.0 Å². The fraction of sp³-hybridized carbons (Fsp3) is 0.292. The number of pyridine rings is 1. The third kappa shape index (κ3) is 4.46. The topological polar surface area (TPSA) is 119 Å². The molecule has 0 atom stereocenters. The van der Waals surface area contributed by atoms with Crippen LogP contribution in [0.4, 0.5) is 5.69 Å². The van der Waals surface area contributed by atoms with Gasteiger partial charge in [0.15, 0.2) is 5.65 Å². The van der Waals surface area contributed by atoms with Gasteiger partial charge in [-0.25, -0.2) is 22.8 Å². The number of sulfonamides is 1. The maximum Gasteiger partial charge on any atom is 0.256 e. The zero-order valence-corrected chi connectivity index (χ0v) is 19.7. The Morgan fingerprint density at radius 1 is 1.21 bits per heavy atom. The molecule has 0 unspecified atom stereocenters. The molecular formula is C24H25N5O4S. The highest BCUT2D eigenvalue weighted by Gasteiger charge is 2.28. The smallest absolute Gasteiger partial charge is 0.256 e. The Morgan fingerprint density at radius 2 is 2.03 bits per heavy atom. The number of aromatic nitrogens is 3. The van der Waals surface area contributed by atoms with E-state index in [0.717, 1.165) is 18.5 Å². The zero-order chi connectivity index (χ0) is 23.9. The maximum absolute atomic E-state index is 13.3. The molecule has 34 heavy (non-hydrogen) atoms. The van der Waals surface area contributed by atoms with E-state index in [2.05, 4.69) is 15.1 Å². The van der Waals surface area contributed by atoms with E-state index < -0.39 is 10.0 Å². The highest BCUT2D eigenvalue weighted by molar-refractivity contribution is 7.89. The Hall–Kier alpha value is -3.50. The van der Waals surface area contributed by atoms with Gasteiger partial charge in [-0.05, 0) is 63.1 Å². The second-order valence-electron chi connectivity index (χ2n) is 8.67. The second-order valence-corrected chi connectivity index (χ2v) is 10.4. The fourth-order valence-corrected chi connectivity index (χ4v) is 4.83. The number of furan rings is 1. The van der Waals surface area contributed by atoms with Crippen molar-refractivity contribution in [1.29, 1.82) is 0 Å². The van der Waals surface area contributed by atoms with Gasteiger partial charge in [-0.3, -0.25) is 4.79 Å². The first-order valence-electron chi connectivity index (χ1n) is 11.1. The number of hydrogen-bond acceptors (Lipinski definition) is 6. The summed E-state index contributed by atoms with van der Waals surface area (Å²) < 4.78 is 34.9. The predicted octanol–water partition coefficient (Wildman–Crippen LogP) is 4.21. The molecule has 0 aliphatic heterocycles. The lowest BCUT2D eigenvalue weighted by atomic mass is 10.1. The van der Waals surface area contributed by atoms with Crippen LogP contribution in [-0.2, 0) is 16.6 Å². The number of benzene rings is 1. The van der Waals surface area contributed by atoms with Crippen LogP contribution in [0.2, 0.25) is 0 Å². The Morgan fingerprint density at radius 3 is 2.74 bits per heavy atom. The normalized spacial score (nSPS) is 14.1. The molecule has 0 radical (unpaired) electrons. The van der Waals surface area contributed by atoms with Crippen LogP contribution in [0.3, 0.4) is 0 Å². The number of hydrogen-bond donors (Lipinski definition) is 2. The van der Waals surface area contributed by atoms with Gasteiger partial charge in [-0.15, -0.1) is 0 Å². The first-order chi connectivity index (χ1) is 16.3. The molecule has 4 aromatic rings. The molecule has 0 spiro atoms. The summed E-state index contributed by atoms with van der Waals surface area (Å²) in [6.45, 7) is 4.07. The molecule has 1 fully saturated rings. The van der Waals surface area contributed by atoms with E-state index >= 15 is 0 Å². The molecule has 5 rings (SSSR count). The Bertz CT molecular complexity index is 1450. The number of nitrogens with zero attached hydrogens (tertiary/aromatic N) is 3. The van der Waals surface area contributed by atoms with Crippen molar-refractivity contribution >= 4 is 32.7 Å². The molecule has 9 nitrogen and oxygen atoms in total. The minimum atomic E-state index is -3.79. The third-order valence-electron chi connectivity index (χ3n) is 5.73. The molecule has 3 heterocycles. The van der Waals surface area contributed by atoms with E-state index in [1.165, 1.54) is 18.4 Å². The molecule has 1 saturated carbocycles. The Balaban J connectivity index is 1.42. The number of fused-ring (bicyclic) bond motifs is 1. The highest BCUT2D eigenvalue weighted by Crippen LogP contribution is 2.40. The summed E-state index contributed by atoms with van der Waals surface area (Å²) in [4.78, 5) is 18.1. The quantitative estimate of drug-likeness (QED) is 0.391. The van der Waals surface area contributed by atoms with Crippen LogP contribution in [0.15, 0.2) is 64.2 Å². The van der Waals surface area contributed by atoms with Gasteiger partial charge in [0.2, 0.25) is 10.0 Å². The standard InChI is InChI=1S/C24H25N5O4S/c1-15(2)29-23-21(14-25-29)20(12-22(28-23)16-8-9-16)24(30)27-17-5-3-7-19(11-17)34(31,32)26-13-18-6-4-10-33-18/h3-7,10-12,14-16,26H,8-9,13H2,1-2H3,(H,27,30). The SMILES string of the molecule is CC(C)n1ncc2c(C(=O)Nc3cccc(S(=O)(=O)NCc4ccco4)c3)cc(C3CC3)nc21. The summed E-state index contributed by atoms with van der Waals surface area (Å²) in [5, 5.41) is 7.94. The molecule has 1 aliphatic carbocycles. The summed E-state index contributed by atoms with van der Waals surface area (Å²) in [7, 11) is -3.79. The molecule has 176 valence electrons. The second kappa shape index (κ2) is 8.69. The lowest BCUT2D eigenvalue weighted by Crippen LogP contribution is -2.23. The molecule has 3 aromatic heterocycles. The first-order valence-corrected chi connectivity index (χ1v) is 12.6. The molecule has 10 heteroatoms.